The van der Waals surface area contributed by atoms with Crippen LogP contribution in [0.15, 0.2) is 29.3 Å². The molecular formula is C19H30IN3O2. The number of benzene rings is 1. The van der Waals surface area contributed by atoms with Crippen molar-refractivity contribution >= 4 is 29.9 Å². The average Bonchev–Trinajstić information content (AvgIpc) is 3.45. The van der Waals surface area contributed by atoms with Crippen molar-refractivity contribution in [2.24, 2.45) is 10.9 Å². The molecule has 1 fully saturated rings. The molecule has 5 nitrogen and oxygen atoms in total. The van der Waals surface area contributed by atoms with Gasteiger partial charge in [0.15, 0.2) is 5.96 Å². The molecule has 1 heterocycles. The third kappa shape index (κ3) is 6.66. The molecule has 0 bridgehead atoms. The first kappa shape index (κ1) is 20.3. The number of hydrogen-bond donors (Lipinski definition) is 2. The SMILES string of the molecule is CN=C(NCCCOCC1CC1)NCC1CCOc2ccccc21.I. The quantitative estimate of drug-likeness (QED) is 0.272. The van der Waals surface area contributed by atoms with Crippen LogP contribution in [0, 0.1) is 5.92 Å². The van der Waals surface area contributed by atoms with Gasteiger partial charge in [0.05, 0.1) is 6.61 Å². The number of nitrogens with zero attached hydrogens (tertiary/aromatic N) is 1. The van der Waals surface area contributed by atoms with Gasteiger partial charge < -0.3 is 20.1 Å². The van der Waals surface area contributed by atoms with Crippen LogP contribution in [0.3, 0.4) is 0 Å². The Morgan fingerprint density at radius 1 is 1.24 bits per heavy atom. The highest BCUT2D eigenvalue weighted by molar-refractivity contribution is 14.0. The fraction of sp³-hybridized carbons (Fsp3) is 0.632. The van der Waals surface area contributed by atoms with Gasteiger partial charge in [-0.05, 0) is 43.2 Å². The number of rotatable bonds is 8. The third-order valence-corrected chi connectivity index (χ3v) is 4.63. The van der Waals surface area contributed by atoms with Gasteiger partial charge in [0.25, 0.3) is 0 Å². The van der Waals surface area contributed by atoms with Crippen molar-refractivity contribution in [3.63, 3.8) is 0 Å². The number of ether oxygens (including phenoxy) is 2. The van der Waals surface area contributed by atoms with E-state index in [2.05, 4.69) is 33.8 Å². The molecule has 1 aliphatic carbocycles. The average molecular weight is 459 g/mol. The molecule has 0 radical (unpaired) electrons. The molecule has 2 N–H and O–H groups in total. The summed E-state index contributed by atoms with van der Waals surface area (Å²) in [6, 6.07) is 8.32. The molecule has 0 spiro atoms. The van der Waals surface area contributed by atoms with E-state index in [0.717, 1.165) is 63.4 Å². The van der Waals surface area contributed by atoms with Crippen molar-refractivity contribution in [3.8, 4) is 5.75 Å². The summed E-state index contributed by atoms with van der Waals surface area (Å²) in [7, 11) is 1.82. The highest BCUT2D eigenvalue weighted by Crippen LogP contribution is 2.32. The third-order valence-electron chi connectivity index (χ3n) is 4.63. The second-order valence-electron chi connectivity index (χ2n) is 6.62. The smallest absolute Gasteiger partial charge is 0.190 e. The summed E-state index contributed by atoms with van der Waals surface area (Å²) in [4.78, 5) is 4.31. The van der Waals surface area contributed by atoms with Crippen molar-refractivity contribution in [1.29, 1.82) is 0 Å². The summed E-state index contributed by atoms with van der Waals surface area (Å²) in [5.74, 6) is 3.19. The van der Waals surface area contributed by atoms with Gasteiger partial charge in [0.1, 0.15) is 5.75 Å². The Morgan fingerprint density at radius 3 is 2.88 bits per heavy atom. The molecule has 1 atom stereocenters. The van der Waals surface area contributed by atoms with Crippen LogP contribution in [-0.2, 0) is 4.74 Å². The van der Waals surface area contributed by atoms with Gasteiger partial charge >= 0.3 is 0 Å². The van der Waals surface area contributed by atoms with E-state index < -0.39 is 0 Å². The van der Waals surface area contributed by atoms with Gasteiger partial charge in [-0.3, -0.25) is 4.99 Å². The summed E-state index contributed by atoms with van der Waals surface area (Å²) in [6.07, 6.45) is 4.75. The zero-order chi connectivity index (χ0) is 16.6. The van der Waals surface area contributed by atoms with Gasteiger partial charge in [-0.2, -0.15) is 0 Å². The molecule has 2 aliphatic rings. The molecule has 0 amide bonds. The Hall–Kier alpha value is -1.02. The standard InChI is InChI=1S/C19H29N3O2.HI/c1-20-19(21-10-4-11-23-14-15-7-8-15)22-13-16-9-12-24-18-6-3-2-5-17(16)18;/h2-3,5-6,15-16H,4,7-14H2,1H3,(H2,20,21,22);1H. The van der Waals surface area contributed by atoms with Crippen LogP contribution in [-0.4, -0.2) is 45.9 Å². The molecule has 140 valence electrons. The Kier molecular flexibility index (Phi) is 8.81. The van der Waals surface area contributed by atoms with Crippen molar-refractivity contribution in [3.05, 3.63) is 29.8 Å². The fourth-order valence-electron chi connectivity index (χ4n) is 2.98. The number of fused-ring (bicyclic) bond motifs is 1. The number of nitrogens with one attached hydrogen (secondary N) is 2. The molecule has 0 aromatic heterocycles. The molecule has 1 aromatic carbocycles. The van der Waals surface area contributed by atoms with Gasteiger partial charge in [-0.25, -0.2) is 0 Å². The molecule has 1 unspecified atom stereocenters. The number of hydrogen-bond acceptors (Lipinski definition) is 3. The van der Waals surface area contributed by atoms with E-state index in [1.807, 2.05) is 13.1 Å². The zero-order valence-electron chi connectivity index (χ0n) is 15.0. The lowest BCUT2D eigenvalue weighted by atomic mass is 9.93. The minimum absolute atomic E-state index is 0. The summed E-state index contributed by atoms with van der Waals surface area (Å²) >= 11 is 0. The maximum atomic E-state index is 5.72. The van der Waals surface area contributed by atoms with Gasteiger partial charge in [-0.15, -0.1) is 24.0 Å². The maximum Gasteiger partial charge on any atom is 0.190 e. The first-order valence-corrected chi connectivity index (χ1v) is 9.11. The fourth-order valence-corrected chi connectivity index (χ4v) is 2.98. The molecule has 25 heavy (non-hydrogen) atoms. The van der Waals surface area contributed by atoms with Crippen LogP contribution in [0.1, 0.15) is 37.2 Å². The zero-order valence-corrected chi connectivity index (χ0v) is 17.3. The van der Waals surface area contributed by atoms with E-state index in [4.69, 9.17) is 9.47 Å². The predicted molar refractivity (Wildman–Crippen MR) is 112 cm³/mol. The number of para-hydroxylation sites is 1. The van der Waals surface area contributed by atoms with Crippen LogP contribution >= 0.6 is 24.0 Å². The van der Waals surface area contributed by atoms with Crippen molar-refractivity contribution < 1.29 is 9.47 Å². The van der Waals surface area contributed by atoms with Gasteiger partial charge in [0, 0.05) is 39.3 Å². The van der Waals surface area contributed by atoms with Crippen LogP contribution in [0.2, 0.25) is 0 Å². The summed E-state index contributed by atoms with van der Waals surface area (Å²) in [5, 5.41) is 6.81. The van der Waals surface area contributed by atoms with Crippen molar-refractivity contribution in [2.45, 2.75) is 31.6 Å². The highest BCUT2D eigenvalue weighted by atomic mass is 127. The summed E-state index contributed by atoms with van der Waals surface area (Å²) in [5.41, 5.74) is 1.29. The maximum absolute atomic E-state index is 5.72. The first-order valence-electron chi connectivity index (χ1n) is 9.11. The molecule has 0 saturated heterocycles. The molecular weight excluding hydrogens is 429 g/mol. The van der Waals surface area contributed by atoms with Crippen LogP contribution < -0.4 is 15.4 Å². The number of aliphatic imine (C=N–C) groups is 1. The van der Waals surface area contributed by atoms with Crippen LogP contribution in [0.4, 0.5) is 0 Å². The minimum atomic E-state index is 0. The summed E-state index contributed by atoms with van der Waals surface area (Å²) < 4.78 is 11.4. The number of halogens is 1. The molecule has 1 aromatic rings. The van der Waals surface area contributed by atoms with E-state index >= 15 is 0 Å². The second-order valence-corrected chi connectivity index (χ2v) is 6.62. The van der Waals surface area contributed by atoms with E-state index in [0.29, 0.717) is 5.92 Å². The van der Waals surface area contributed by atoms with E-state index in [1.165, 1.54) is 18.4 Å². The Bertz CT molecular complexity index is 549. The normalized spacial score (nSPS) is 19.4. The lowest BCUT2D eigenvalue weighted by Crippen LogP contribution is -2.40. The molecule has 3 rings (SSSR count). The first-order chi connectivity index (χ1) is 11.9. The lowest BCUT2D eigenvalue weighted by molar-refractivity contribution is 0.123. The molecule has 1 aliphatic heterocycles. The largest absolute Gasteiger partial charge is 0.493 e. The Morgan fingerprint density at radius 2 is 2.08 bits per heavy atom. The highest BCUT2D eigenvalue weighted by Gasteiger charge is 2.21. The van der Waals surface area contributed by atoms with Crippen LogP contribution in [0.25, 0.3) is 0 Å². The van der Waals surface area contributed by atoms with Gasteiger partial charge in [0.2, 0.25) is 0 Å². The predicted octanol–water partition coefficient (Wildman–Crippen LogP) is 3.15. The molecule has 1 saturated carbocycles. The Balaban J connectivity index is 0.00000225. The minimum Gasteiger partial charge on any atom is -0.493 e. The van der Waals surface area contributed by atoms with E-state index in [-0.39, 0.29) is 24.0 Å². The van der Waals surface area contributed by atoms with Crippen LogP contribution in [0.5, 0.6) is 5.75 Å². The van der Waals surface area contributed by atoms with Gasteiger partial charge in [-0.1, -0.05) is 18.2 Å². The lowest BCUT2D eigenvalue weighted by Gasteiger charge is -2.26. The second kappa shape index (κ2) is 10.9. The van der Waals surface area contributed by atoms with Crippen molar-refractivity contribution in [1.82, 2.24) is 10.6 Å². The topological polar surface area (TPSA) is 54.9 Å². The number of guanidine groups is 1. The van der Waals surface area contributed by atoms with E-state index in [1.54, 1.807) is 0 Å². The Labute approximate surface area is 168 Å². The molecule has 6 heteroatoms. The van der Waals surface area contributed by atoms with E-state index in [9.17, 15) is 0 Å². The monoisotopic (exact) mass is 459 g/mol. The van der Waals surface area contributed by atoms with Crippen molar-refractivity contribution in [2.75, 3.05) is 40.0 Å². The summed E-state index contributed by atoms with van der Waals surface area (Å²) in [6.45, 7) is 4.31.